The molecule has 0 N–H and O–H groups in total. The lowest BCUT2D eigenvalue weighted by molar-refractivity contribution is 0.394. The molecule has 0 aromatic heterocycles. The second kappa shape index (κ2) is 3.20. The molecule has 0 spiro atoms. The van der Waals surface area contributed by atoms with Gasteiger partial charge in [-0.25, -0.2) is 0 Å². The number of nitrogens with zero attached hydrogens (tertiary/aromatic N) is 1. The van der Waals surface area contributed by atoms with Crippen LogP contribution in [0.2, 0.25) is 0 Å². The van der Waals surface area contributed by atoms with Crippen LogP contribution in [0.4, 0.5) is 0 Å². The zero-order chi connectivity index (χ0) is 7.56. The average Bonchev–Trinajstić information content (AvgIpc) is 2.13. The molecule has 1 heterocycles. The van der Waals surface area contributed by atoms with Gasteiger partial charge in [-0.15, -0.1) is 6.58 Å². The molecule has 0 aromatic carbocycles. The van der Waals surface area contributed by atoms with E-state index in [0.717, 1.165) is 5.92 Å². The number of allylic oxidation sites excluding steroid dienone is 1. The predicted octanol–water partition coefficient (Wildman–Crippen LogP) is 1.90. The number of hydrogen-bond donors (Lipinski definition) is 0. The van der Waals surface area contributed by atoms with Crippen molar-refractivity contribution in [3.05, 3.63) is 12.2 Å². The van der Waals surface area contributed by atoms with Crippen LogP contribution in [-0.4, -0.2) is 25.0 Å². The summed E-state index contributed by atoms with van der Waals surface area (Å²) in [6, 6.07) is 0. The van der Waals surface area contributed by atoms with Crippen LogP contribution in [0.3, 0.4) is 0 Å². The van der Waals surface area contributed by atoms with Crippen LogP contribution in [0.1, 0.15) is 19.8 Å². The topological polar surface area (TPSA) is 3.24 Å². The van der Waals surface area contributed by atoms with Crippen molar-refractivity contribution in [2.24, 2.45) is 5.92 Å². The molecule has 1 aliphatic heterocycles. The molecule has 1 fully saturated rings. The van der Waals surface area contributed by atoms with Gasteiger partial charge in [-0.05, 0) is 39.3 Å². The van der Waals surface area contributed by atoms with Gasteiger partial charge in [0.05, 0.1) is 0 Å². The lowest BCUT2D eigenvalue weighted by Crippen LogP contribution is -2.13. The van der Waals surface area contributed by atoms with Gasteiger partial charge in [0.2, 0.25) is 0 Å². The quantitative estimate of drug-likeness (QED) is 0.528. The normalized spacial score (nSPS) is 27.2. The molecule has 1 heteroatoms. The van der Waals surface area contributed by atoms with Gasteiger partial charge in [-0.3, -0.25) is 0 Å². The predicted molar refractivity (Wildman–Crippen MR) is 45.0 cm³/mol. The summed E-state index contributed by atoms with van der Waals surface area (Å²) in [5.74, 6) is 0.891. The summed E-state index contributed by atoms with van der Waals surface area (Å²) in [6.45, 7) is 8.59. The van der Waals surface area contributed by atoms with Crippen molar-refractivity contribution < 1.29 is 0 Å². The fourth-order valence-corrected chi connectivity index (χ4v) is 1.69. The molecule has 1 atom stereocenters. The van der Waals surface area contributed by atoms with Gasteiger partial charge in [-0.1, -0.05) is 5.57 Å². The Morgan fingerprint density at radius 1 is 1.70 bits per heavy atom. The van der Waals surface area contributed by atoms with Crippen molar-refractivity contribution in [1.29, 1.82) is 0 Å². The second-order valence-electron chi connectivity index (χ2n) is 3.58. The van der Waals surface area contributed by atoms with Crippen molar-refractivity contribution in [3.8, 4) is 0 Å². The van der Waals surface area contributed by atoms with E-state index in [2.05, 4.69) is 25.5 Å². The minimum Gasteiger partial charge on any atom is -0.306 e. The minimum atomic E-state index is 0.891. The summed E-state index contributed by atoms with van der Waals surface area (Å²) in [6.07, 6.45) is 2.59. The van der Waals surface area contributed by atoms with Crippen LogP contribution in [0, 0.1) is 5.92 Å². The van der Waals surface area contributed by atoms with Crippen molar-refractivity contribution in [1.82, 2.24) is 4.90 Å². The summed E-state index contributed by atoms with van der Waals surface area (Å²) in [4.78, 5) is 2.40. The van der Waals surface area contributed by atoms with Gasteiger partial charge in [0.15, 0.2) is 0 Å². The zero-order valence-corrected chi connectivity index (χ0v) is 7.06. The Kier molecular flexibility index (Phi) is 2.50. The van der Waals surface area contributed by atoms with Gasteiger partial charge in [0, 0.05) is 6.54 Å². The maximum atomic E-state index is 3.93. The molecule has 58 valence electrons. The van der Waals surface area contributed by atoms with E-state index in [1.54, 1.807) is 0 Å². The number of rotatable bonds is 2. The SMILES string of the molecule is C=C(C)C[C@H]1CCN(C)C1. The zero-order valence-electron chi connectivity index (χ0n) is 7.06. The maximum absolute atomic E-state index is 3.93. The Balaban J connectivity index is 2.24. The molecule has 1 rings (SSSR count). The van der Waals surface area contributed by atoms with Crippen LogP contribution < -0.4 is 0 Å². The monoisotopic (exact) mass is 139 g/mol. The van der Waals surface area contributed by atoms with E-state index in [9.17, 15) is 0 Å². The molecule has 1 nitrogen and oxygen atoms in total. The Hall–Kier alpha value is -0.300. The Labute approximate surface area is 63.7 Å². The van der Waals surface area contributed by atoms with Crippen LogP contribution in [-0.2, 0) is 0 Å². The maximum Gasteiger partial charge on any atom is 0.00101 e. The molecular formula is C9H17N. The van der Waals surface area contributed by atoms with Gasteiger partial charge in [0.1, 0.15) is 0 Å². The van der Waals surface area contributed by atoms with E-state index < -0.39 is 0 Å². The van der Waals surface area contributed by atoms with E-state index in [4.69, 9.17) is 0 Å². The first-order chi connectivity index (χ1) is 4.68. The largest absolute Gasteiger partial charge is 0.306 e. The first-order valence-electron chi connectivity index (χ1n) is 4.01. The van der Waals surface area contributed by atoms with E-state index in [0.29, 0.717) is 0 Å². The summed E-state index contributed by atoms with van der Waals surface area (Å²) in [5, 5.41) is 0. The standard InChI is InChI=1S/C9H17N/c1-8(2)6-9-4-5-10(3)7-9/h9H,1,4-7H2,2-3H3/t9-/m1/s1. The van der Waals surface area contributed by atoms with E-state index >= 15 is 0 Å². The number of likely N-dealkylation sites (tertiary alicyclic amines) is 1. The Morgan fingerprint density at radius 3 is 2.80 bits per heavy atom. The molecule has 0 bridgehead atoms. The number of hydrogen-bond acceptors (Lipinski definition) is 1. The average molecular weight is 139 g/mol. The van der Waals surface area contributed by atoms with Crippen LogP contribution in [0.5, 0.6) is 0 Å². The van der Waals surface area contributed by atoms with Gasteiger partial charge < -0.3 is 4.90 Å². The van der Waals surface area contributed by atoms with E-state index in [-0.39, 0.29) is 0 Å². The van der Waals surface area contributed by atoms with Crippen molar-refractivity contribution in [2.75, 3.05) is 20.1 Å². The summed E-state index contributed by atoms with van der Waals surface area (Å²) >= 11 is 0. The highest BCUT2D eigenvalue weighted by molar-refractivity contribution is 4.92. The van der Waals surface area contributed by atoms with Crippen LogP contribution in [0.15, 0.2) is 12.2 Å². The highest BCUT2D eigenvalue weighted by Crippen LogP contribution is 2.20. The van der Waals surface area contributed by atoms with Crippen molar-refractivity contribution >= 4 is 0 Å². The van der Waals surface area contributed by atoms with Gasteiger partial charge in [-0.2, -0.15) is 0 Å². The second-order valence-corrected chi connectivity index (χ2v) is 3.58. The van der Waals surface area contributed by atoms with Crippen LogP contribution >= 0.6 is 0 Å². The molecule has 0 amide bonds. The third kappa shape index (κ3) is 2.14. The Bertz CT molecular complexity index is 129. The summed E-state index contributed by atoms with van der Waals surface area (Å²) in [5.41, 5.74) is 1.33. The van der Waals surface area contributed by atoms with Gasteiger partial charge in [0.25, 0.3) is 0 Å². The Morgan fingerprint density at radius 2 is 2.40 bits per heavy atom. The molecular weight excluding hydrogens is 122 g/mol. The highest BCUT2D eigenvalue weighted by Gasteiger charge is 2.18. The minimum absolute atomic E-state index is 0.891. The van der Waals surface area contributed by atoms with E-state index in [1.165, 1.54) is 31.5 Å². The molecule has 0 unspecified atom stereocenters. The first kappa shape index (κ1) is 7.80. The highest BCUT2D eigenvalue weighted by atomic mass is 15.1. The molecule has 1 aliphatic rings. The molecule has 10 heavy (non-hydrogen) atoms. The molecule has 1 saturated heterocycles. The summed E-state index contributed by atoms with van der Waals surface area (Å²) in [7, 11) is 2.19. The lowest BCUT2D eigenvalue weighted by atomic mass is 10.0. The van der Waals surface area contributed by atoms with Crippen LogP contribution in [0.25, 0.3) is 0 Å². The first-order valence-corrected chi connectivity index (χ1v) is 4.01. The summed E-state index contributed by atoms with van der Waals surface area (Å²) < 4.78 is 0. The van der Waals surface area contributed by atoms with Gasteiger partial charge >= 0.3 is 0 Å². The molecule has 0 saturated carbocycles. The van der Waals surface area contributed by atoms with E-state index in [1.807, 2.05) is 0 Å². The fourth-order valence-electron chi connectivity index (χ4n) is 1.69. The lowest BCUT2D eigenvalue weighted by Gasteiger charge is -2.08. The smallest absolute Gasteiger partial charge is 0.00101 e. The third-order valence-electron chi connectivity index (χ3n) is 2.13. The third-order valence-corrected chi connectivity index (χ3v) is 2.13. The molecule has 0 aromatic rings. The molecule has 0 radical (unpaired) electrons. The fraction of sp³-hybridized carbons (Fsp3) is 0.778. The molecule has 0 aliphatic carbocycles. The van der Waals surface area contributed by atoms with Crippen molar-refractivity contribution in [2.45, 2.75) is 19.8 Å². The van der Waals surface area contributed by atoms with Crippen molar-refractivity contribution in [3.63, 3.8) is 0 Å².